The molecule has 0 bridgehead atoms. The highest BCUT2D eigenvalue weighted by molar-refractivity contribution is 5.65. The van der Waals surface area contributed by atoms with Crippen LogP contribution in [0.15, 0.2) is 79.5 Å². The van der Waals surface area contributed by atoms with Crippen molar-refractivity contribution in [3.63, 3.8) is 0 Å². The van der Waals surface area contributed by atoms with Crippen molar-refractivity contribution in [3.8, 4) is 0 Å². The van der Waals surface area contributed by atoms with Crippen molar-refractivity contribution in [1.82, 2.24) is 4.90 Å². The minimum absolute atomic E-state index is 0.376. The number of hydrogen-bond donors (Lipinski definition) is 0. The number of rotatable bonds is 3. The summed E-state index contributed by atoms with van der Waals surface area (Å²) < 4.78 is 0. The molecule has 0 saturated carbocycles. The van der Waals surface area contributed by atoms with Gasteiger partial charge >= 0.3 is 0 Å². The van der Waals surface area contributed by atoms with Gasteiger partial charge in [-0.3, -0.25) is 0 Å². The molecule has 1 unspecified atom stereocenters. The highest BCUT2D eigenvalue weighted by Gasteiger charge is 2.34. The van der Waals surface area contributed by atoms with E-state index in [4.69, 9.17) is 0 Å². The van der Waals surface area contributed by atoms with Crippen LogP contribution in [0.5, 0.6) is 0 Å². The molecule has 1 nitrogen and oxygen atoms in total. The summed E-state index contributed by atoms with van der Waals surface area (Å²) in [6.45, 7) is 8.37. The Morgan fingerprint density at radius 1 is 0.947 bits per heavy atom. The van der Waals surface area contributed by atoms with Crippen molar-refractivity contribution in [2.45, 2.75) is 12.5 Å². The van der Waals surface area contributed by atoms with E-state index in [1.807, 2.05) is 24.3 Å². The lowest BCUT2D eigenvalue weighted by atomic mass is 9.90. The van der Waals surface area contributed by atoms with Crippen LogP contribution in [-0.2, 0) is 0 Å². The van der Waals surface area contributed by atoms with E-state index in [1.54, 1.807) is 0 Å². The van der Waals surface area contributed by atoms with Crippen LogP contribution in [0.4, 0.5) is 0 Å². The third kappa shape index (κ3) is 2.08. The smallest absolute Gasteiger partial charge is 0.0642 e. The van der Waals surface area contributed by atoms with Crippen molar-refractivity contribution in [1.29, 1.82) is 0 Å². The highest BCUT2D eigenvalue weighted by atomic mass is 15.2. The van der Waals surface area contributed by atoms with Gasteiger partial charge in [0.05, 0.1) is 6.04 Å². The molecule has 1 fully saturated rings. The second kappa shape index (κ2) is 4.77. The first-order chi connectivity index (χ1) is 9.27. The van der Waals surface area contributed by atoms with E-state index in [0.29, 0.717) is 6.04 Å². The summed E-state index contributed by atoms with van der Waals surface area (Å²) >= 11 is 0. The Kier molecular flexibility index (Phi) is 2.96. The lowest BCUT2D eigenvalue weighted by molar-refractivity contribution is 0.250. The predicted octanol–water partition coefficient (Wildman–Crippen LogP) is 4.62. The Labute approximate surface area is 114 Å². The second-order valence-corrected chi connectivity index (χ2v) is 4.88. The van der Waals surface area contributed by atoms with Crippen LogP contribution in [0.2, 0.25) is 0 Å². The van der Waals surface area contributed by atoms with Gasteiger partial charge in [0.15, 0.2) is 0 Å². The molecule has 0 radical (unpaired) electrons. The standard InChI is InChI=1S/C18H17N/c1-14-13-18(17-11-7-4-8-12-17)19(14)15(2)16-9-5-3-6-10-16/h3-12,18H,1-2,13H2. The van der Waals surface area contributed by atoms with Gasteiger partial charge in [-0.1, -0.05) is 73.8 Å². The Balaban J connectivity index is 1.87. The monoisotopic (exact) mass is 247 g/mol. The zero-order valence-corrected chi connectivity index (χ0v) is 10.9. The summed E-state index contributed by atoms with van der Waals surface area (Å²) in [6, 6.07) is 21.2. The molecule has 0 amide bonds. The molecule has 0 aliphatic carbocycles. The Morgan fingerprint density at radius 2 is 1.53 bits per heavy atom. The Hall–Kier alpha value is -2.28. The molecule has 1 heterocycles. The highest BCUT2D eigenvalue weighted by Crippen LogP contribution is 2.45. The van der Waals surface area contributed by atoms with Gasteiger partial charge in [-0.25, -0.2) is 0 Å². The number of likely N-dealkylation sites (tertiary alicyclic amines) is 1. The fourth-order valence-electron chi connectivity index (χ4n) is 2.61. The molecule has 0 N–H and O–H groups in total. The van der Waals surface area contributed by atoms with Gasteiger partial charge in [-0.2, -0.15) is 0 Å². The van der Waals surface area contributed by atoms with Gasteiger partial charge in [-0.15, -0.1) is 0 Å². The van der Waals surface area contributed by atoms with E-state index >= 15 is 0 Å². The zero-order chi connectivity index (χ0) is 13.2. The van der Waals surface area contributed by atoms with Crippen molar-refractivity contribution < 1.29 is 0 Å². The van der Waals surface area contributed by atoms with Gasteiger partial charge in [0.2, 0.25) is 0 Å². The molecule has 1 aliphatic heterocycles. The van der Waals surface area contributed by atoms with Gasteiger partial charge in [-0.05, 0) is 11.1 Å². The molecule has 0 aromatic heterocycles. The molecule has 2 aromatic carbocycles. The topological polar surface area (TPSA) is 3.24 Å². The van der Waals surface area contributed by atoms with Crippen molar-refractivity contribution >= 4 is 5.70 Å². The second-order valence-electron chi connectivity index (χ2n) is 4.88. The van der Waals surface area contributed by atoms with E-state index in [-0.39, 0.29) is 0 Å². The van der Waals surface area contributed by atoms with Crippen LogP contribution in [0.1, 0.15) is 23.6 Å². The lowest BCUT2D eigenvalue weighted by Crippen LogP contribution is -2.36. The normalized spacial score (nSPS) is 18.0. The van der Waals surface area contributed by atoms with E-state index in [0.717, 1.165) is 23.4 Å². The maximum absolute atomic E-state index is 4.24. The van der Waals surface area contributed by atoms with E-state index < -0.39 is 0 Å². The van der Waals surface area contributed by atoms with Crippen molar-refractivity contribution in [2.75, 3.05) is 0 Å². The first-order valence-electron chi connectivity index (χ1n) is 6.53. The molecule has 1 heteroatoms. The summed E-state index contributed by atoms with van der Waals surface area (Å²) in [6.07, 6.45) is 1.01. The maximum atomic E-state index is 4.24. The van der Waals surface area contributed by atoms with Gasteiger partial charge < -0.3 is 4.90 Å². The molecular weight excluding hydrogens is 230 g/mol. The fourth-order valence-corrected chi connectivity index (χ4v) is 2.61. The van der Waals surface area contributed by atoms with E-state index in [1.165, 1.54) is 5.56 Å². The van der Waals surface area contributed by atoms with E-state index in [9.17, 15) is 0 Å². The molecule has 1 atom stereocenters. The SMILES string of the molecule is C=C1CC(c2ccccc2)N1C(=C)c1ccccc1. The van der Waals surface area contributed by atoms with Gasteiger partial charge in [0, 0.05) is 17.8 Å². The minimum atomic E-state index is 0.376. The predicted molar refractivity (Wildman–Crippen MR) is 80.3 cm³/mol. The first-order valence-corrected chi connectivity index (χ1v) is 6.53. The minimum Gasteiger partial charge on any atom is -0.338 e. The molecule has 0 spiro atoms. The maximum Gasteiger partial charge on any atom is 0.0642 e. The molecule has 3 rings (SSSR count). The molecular formula is C18H17N. The van der Waals surface area contributed by atoms with Crippen LogP contribution in [-0.4, -0.2) is 4.90 Å². The number of hydrogen-bond acceptors (Lipinski definition) is 1. The third-order valence-electron chi connectivity index (χ3n) is 3.66. The molecule has 1 aliphatic rings. The summed E-state index contributed by atoms with van der Waals surface area (Å²) in [7, 11) is 0. The van der Waals surface area contributed by atoms with Crippen LogP contribution >= 0.6 is 0 Å². The molecule has 94 valence electrons. The van der Waals surface area contributed by atoms with Crippen molar-refractivity contribution in [3.05, 3.63) is 90.6 Å². The van der Waals surface area contributed by atoms with Crippen molar-refractivity contribution in [2.24, 2.45) is 0 Å². The summed E-state index contributed by atoms with van der Waals surface area (Å²) in [5.74, 6) is 0. The molecule has 1 saturated heterocycles. The first kappa shape index (κ1) is 11.8. The number of nitrogens with zero attached hydrogens (tertiary/aromatic N) is 1. The Morgan fingerprint density at radius 3 is 2.11 bits per heavy atom. The average molecular weight is 247 g/mol. The quantitative estimate of drug-likeness (QED) is 0.765. The lowest BCUT2D eigenvalue weighted by Gasteiger charge is -2.46. The number of benzene rings is 2. The van der Waals surface area contributed by atoms with Gasteiger partial charge in [0.25, 0.3) is 0 Å². The summed E-state index contributed by atoms with van der Waals surface area (Å²) in [5, 5.41) is 0. The van der Waals surface area contributed by atoms with Crippen LogP contribution in [0.25, 0.3) is 5.70 Å². The zero-order valence-electron chi connectivity index (χ0n) is 10.9. The largest absolute Gasteiger partial charge is 0.338 e. The van der Waals surface area contributed by atoms with E-state index in [2.05, 4.69) is 54.5 Å². The average Bonchev–Trinajstić information content (AvgIpc) is 2.46. The summed E-state index contributed by atoms with van der Waals surface area (Å²) in [5.41, 5.74) is 4.66. The summed E-state index contributed by atoms with van der Waals surface area (Å²) in [4.78, 5) is 2.24. The molecule has 2 aromatic rings. The van der Waals surface area contributed by atoms with Crippen LogP contribution in [0.3, 0.4) is 0 Å². The van der Waals surface area contributed by atoms with Gasteiger partial charge in [0.1, 0.15) is 0 Å². The molecule has 19 heavy (non-hydrogen) atoms. The van der Waals surface area contributed by atoms with Crippen LogP contribution < -0.4 is 0 Å². The third-order valence-corrected chi connectivity index (χ3v) is 3.66. The Bertz CT molecular complexity index is 598. The van der Waals surface area contributed by atoms with Crippen LogP contribution in [0, 0.1) is 0 Å². The fraction of sp³-hybridized carbons (Fsp3) is 0.111.